The van der Waals surface area contributed by atoms with Crippen molar-refractivity contribution >= 4 is 18.0 Å². The number of rotatable bonds is 17. The molecule has 0 radical (unpaired) electrons. The molecule has 2 aromatic rings. The smallest absolute Gasteiger partial charge is 0.338 e. The highest BCUT2D eigenvalue weighted by Gasteiger charge is 2.07. The Balaban J connectivity index is 1.57. The minimum atomic E-state index is -0.379. The molecule has 0 unspecified atom stereocenters. The number of nitrogens with two attached hydrogens (primary N) is 1. The summed E-state index contributed by atoms with van der Waals surface area (Å²) in [5.41, 5.74) is 7.70. The third-order valence-electron chi connectivity index (χ3n) is 5.69. The third kappa shape index (κ3) is 12.4. The van der Waals surface area contributed by atoms with Crippen LogP contribution in [0.2, 0.25) is 0 Å². The molecule has 2 aromatic carbocycles. The molecule has 3 N–H and O–H groups in total. The molecule has 5 nitrogen and oxygen atoms in total. The van der Waals surface area contributed by atoms with Crippen molar-refractivity contribution in [2.45, 2.75) is 70.8 Å². The normalized spacial score (nSPS) is 11.0. The highest BCUT2D eigenvalue weighted by molar-refractivity contribution is 5.93. The van der Waals surface area contributed by atoms with Gasteiger partial charge in [-0.15, -0.1) is 0 Å². The van der Waals surface area contributed by atoms with Gasteiger partial charge in [0.2, 0.25) is 5.91 Å². The number of ether oxygens (including phenoxy) is 1. The topological polar surface area (TPSA) is 81.4 Å². The van der Waals surface area contributed by atoms with Gasteiger partial charge in [0.05, 0.1) is 5.56 Å². The van der Waals surface area contributed by atoms with Crippen LogP contribution >= 0.6 is 0 Å². The van der Waals surface area contributed by atoms with Crippen LogP contribution in [0.25, 0.3) is 6.08 Å². The maximum atomic E-state index is 12.3. The van der Waals surface area contributed by atoms with E-state index in [9.17, 15) is 9.59 Å². The molecule has 0 aliphatic carbocycles. The van der Waals surface area contributed by atoms with E-state index < -0.39 is 0 Å². The van der Waals surface area contributed by atoms with E-state index >= 15 is 0 Å². The van der Waals surface area contributed by atoms with Crippen LogP contribution in [-0.2, 0) is 16.1 Å². The molecule has 0 spiro atoms. The first-order chi connectivity index (χ1) is 16.7. The SMILES string of the molecule is NCCCCCCCCCCCCNC(=O)/C=C/c1cccc(C(=O)OCc2ccccc2)c1. The first kappa shape index (κ1) is 27.3. The lowest BCUT2D eigenvalue weighted by Crippen LogP contribution is -2.21. The Hall–Kier alpha value is -2.92. The summed E-state index contributed by atoms with van der Waals surface area (Å²) in [4.78, 5) is 24.4. The minimum absolute atomic E-state index is 0.116. The van der Waals surface area contributed by atoms with Gasteiger partial charge in [0, 0.05) is 12.6 Å². The van der Waals surface area contributed by atoms with Crippen molar-refractivity contribution in [3.8, 4) is 0 Å². The summed E-state index contributed by atoms with van der Waals surface area (Å²) in [7, 11) is 0. The molecule has 0 bridgehead atoms. The monoisotopic (exact) mass is 464 g/mol. The first-order valence-corrected chi connectivity index (χ1v) is 12.7. The summed E-state index contributed by atoms with van der Waals surface area (Å²) in [5, 5.41) is 2.93. The van der Waals surface area contributed by atoms with Crippen molar-refractivity contribution in [3.05, 3.63) is 77.4 Å². The minimum Gasteiger partial charge on any atom is -0.457 e. The number of benzene rings is 2. The highest BCUT2D eigenvalue weighted by Crippen LogP contribution is 2.11. The van der Waals surface area contributed by atoms with Gasteiger partial charge in [-0.1, -0.05) is 93.8 Å². The Morgan fingerprint density at radius 3 is 2.12 bits per heavy atom. The van der Waals surface area contributed by atoms with Gasteiger partial charge in [-0.2, -0.15) is 0 Å². The number of hydrogen-bond acceptors (Lipinski definition) is 4. The quantitative estimate of drug-likeness (QED) is 0.170. The van der Waals surface area contributed by atoms with Crippen molar-refractivity contribution < 1.29 is 14.3 Å². The summed E-state index contributed by atoms with van der Waals surface area (Å²) in [6.45, 7) is 1.73. The van der Waals surface area contributed by atoms with Crippen LogP contribution in [0.5, 0.6) is 0 Å². The Bertz CT molecular complexity index is 865. The summed E-state index contributed by atoms with van der Waals surface area (Å²) >= 11 is 0. The molecule has 0 aromatic heterocycles. The fourth-order valence-corrected chi connectivity index (χ4v) is 3.70. The van der Waals surface area contributed by atoms with Crippen LogP contribution in [0.1, 0.15) is 85.7 Å². The standard InChI is InChI=1S/C29H40N2O3/c30-21-12-7-5-3-1-2-4-6-8-13-22-31-28(32)20-19-25-17-14-18-27(23-25)29(33)34-24-26-15-10-9-11-16-26/h9-11,14-20,23H,1-8,12-13,21-22,24,30H2,(H,31,32)/b20-19+. The average Bonchev–Trinajstić information content (AvgIpc) is 2.87. The van der Waals surface area contributed by atoms with Gasteiger partial charge in [-0.3, -0.25) is 4.79 Å². The van der Waals surface area contributed by atoms with E-state index in [-0.39, 0.29) is 18.5 Å². The van der Waals surface area contributed by atoms with Crippen molar-refractivity contribution in [2.75, 3.05) is 13.1 Å². The van der Waals surface area contributed by atoms with Crippen LogP contribution in [-0.4, -0.2) is 25.0 Å². The van der Waals surface area contributed by atoms with Gasteiger partial charge in [-0.05, 0) is 48.7 Å². The second kappa shape index (κ2) is 17.5. The molecule has 2 rings (SSSR count). The van der Waals surface area contributed by atoms with E-state index in [1.165, 1.54) is 51.0 Å². The molecular formula is C29H40N2O3. The fraction of sp³-hybridized carbons (Fsp3) is 0.448. The number of amides is 1. The van der Waals surface area contributed by atoms with Gasteiger partial charge in [0.1, 0.15) is 6.61 Å². The first-order valence-electron chi connectivity index (χ1n) is 12.7. The van der Waals surface area contributed by atoms with Crippen LogP contribution in [0.15, 0.2) is 60.7 Å². The average molecular weight is 465 g/mol. The van der Waals surface area contributed by atoms with Gasteiger partial charge < -0.3 is 15.8 Å². The van der Waals surface area contributed by atoms with Crippen LogP contribution in [0, 0.1) is 0 Å². The molecule has 0 atom stereocenters. The zero-order valence-corrected chi connectivity index (χ0v) is 20.3. The summed E-state index contributed by atoms with van der Waals surface area (Å²) in [5.74, 6) is -0.496. The Labute approximate surface area is 204 Å². The zero-order valence-electron chi connectivity index (χ0n) is 20.3. The summed E-state index contributed by atoms with van der Waals surface area (Å²) in [6.07, 6.45) is 15.5. The molecule has 0 fully saturated rings. The van der Waals surface area contributed by atoms with Crippen molar-refractivity contribution in [2.24, 2.45) is 5.73 Å². The molecule has 34 heavy (non-hydrogen) atoms. The molecule has 1 amide bonds. The van der Waals surface area contributed by atoms with Crippen LogP contribution in [0.4, 0.5) is 0 Å². The summed E-state index contributed by atoms with van der Waals surface area (Å²) in [6, 6.07) is 16.7. The number of carbonyl (C=O) groups excluding carboxylic acids is 2. The lowest BCUT2D eigenvalue weighted by molar-refractivity contribution is -0.116. The highest BCUT2D eigenvalue weighted by atomic mass is 16.5. The molecule has 0 heterocycles. The number of carbonyl (C=O) groups is 2. The maximum Gasteiger partial charge on any atom is 0.338 e. The predicted octanol–water partition coefficient (Wildman–Crippen LogP) is 6.03. The predicted molar refractivity (Wildman–Crippen MR) is 139 cm³/mol. The van der Waals surface area contributed by atoms with Crippen LogP contribution < -0.4 is 11.1 Å². The number of unbranched alkanes of at least 4 members (excludes halogenated alkanes) is 9. The Morgan fingerprint density at radius 2 is 1.44 bits per heavy atom. The Morgan fingerprint density at radius 1 is 0.794 bits per heavy atom. The molecular weight excluding hydrogens is 424 g/mol. The number of nitrogens with one attached hydrogen (secondary N) is 1. The van der Waals surface area contributed by atoms with E-state index in [2.05, 4.69) is 5.32 Å². The molecule has 0 saturated carbocycles. The zero-order chi connectivity index (χ0) is 24.3. The van der Waals surface area contributed by atoms with Gasteiger partial charge in [0.25, 0.3) is 0 Å². The molecule has 0 aliphatic heterocycles. The van der Waals surface area contributed by atoms with Crippen LogP contribution in [0.3, 0.4) is 0 Å². The largest absolute Gasteiger partial charge is 0.457 e. The van der Waals surface area contributed by atoms with Gasteiger partial charge in [-0.25, -0.2) is 4.79 Å². The van der Waals surface area contributed by atoms with Gasteiger partial charge in [0.15, 0.2) is 0 Å². The summed E-state index contributed by atoms with van der Waals surface area (Å²) < 4.78 is 5.37. The van der Waals surface area contributed by atoms with E-state index in [1.807, 2.05) is 36.4 Å². The molecule has 184 valence electrons. The molecule has 5 heteroatoms. The second-order valence-corrected chi connectivity index (χ2v) is 8.64. The molecule has 0 aliphatic rings. The van der Waals surface area contributed by atoms with E-state index in [0.29, 0.717) is 12.1 Å². The Kier molecular flexibility index (Phi) is 14.1. The van der Waals surface area contributed by atoms with Crippen molar-refractivity contribution in [3.63, 3.8) is 0 Å². The van der Waals surface area contributed by atoms with Crippen molar-refractivity contribution in [1.29, 1.82) is 0 Å². The van der Waals surface area contributed by atoms with Crippen molar-refractivity contribution in [1.82, 2.24) is 5.32 Å². The van der Waals surface area contributed by atoms with E-state index in [1.54, 1.807) is 24.3 Å². The van der Waals surface area contributed by atoms with E-state index in [0.717, 1.165) is 36.9 Å². The lowest BCUT2D eigenvalue weighted by Gasteiger charge is -2.06. The number of hydrogen-bond donors (Lipinski definition) is 2. The van der Waals surface area contributed by atoms with Gasteiger partial charge >= 0.3 is 5.97 Å². The third-order valence-corrected chi connectivity index (χ3v) is 5.69. The number of esters is 1. The lowest BCUT2D eigenvalue weighted by atomic mass is 10.1. The fourth-order valence-electron chi connectivity index (χ4n) is 3.70. The second-order valence-electron chi connectivity index (χ2n) is 8.64. The molecule has 0 saturated heterocycles. The maximum absolute atomic E-state index is 12.3. The van der Waals surface area contributed by atoms with E-state index in [4.69, 9.17) is 10.5 Å².